The monoisotopic (exact) mass is 400 g/mol. The van der Waals surface area contributed by atoms with Crippen LogP contribution in [-0.4, -0.2) is 43.6 Å². The zero-order valence-corrected chi connectivity index (χ0v) is 16.7. The Bertz CT molecular complexity index is 795. The van der Waals surface area contributed by atoms with Crippen LogP contribution in [0.1, 0.15) is 12.5 Å². The van der Waals surface area contributed by atoms with Gasteiger partial charge in [-0.2, -0.15) is 5.10 Å². The highest BCUT2D eigenvalue weighted by molar-refractivity contribution is 7.80. The lowest BCUT2D eigenvalue weighted by molar-refractivity contribution is -0.118. The quantitative estimate of drug-likeness (QED) is 0.260. The van der Waals surface area contributed by atoms with E-state index in [9.17, 15) is 4.79 Å². The van der Waals surface area contributed by atoms with E-state index in [0.29, 0.717) is 24.0 Å². The van der Waals surface area contributed by atoms with Crippen LogP contribution in [0, 0.1) is 0 Å². The lowest BCUT2D eigenvalue weighted by atomic mass is 10.1. The number of nitrogens with one attached hydrogen (secondary N) is 3. The number of ether oxygens (including phenoxy) is 2. The molecule has 0 aliphatic carbocycles. The molecule has 0 radical (unpaired) electrons. The summed E-state index contributed by atoms with van der Waals surface area (Å²) in [6.07, 6.45) is 0. The van der Waals surface area contributed by atoms with E-state index in [1.54, 1.807) is 19.2 Å². The van der Waals surface area contributed by atoms with Crippen molar-refractivity contribution in [3.63, 3.8) is 0 Å². The molecule has 28 heavy (non-hydrogen) atoms. The molecule has 0 aliphatic heterocycles. The van der Waals surface area contributed by atoms with E-state index >= 15 is 0 Å². The summed E-state index contributed by atoms with van der Waals surface area (Å²) in [6, 6.07) is 16.6. The third kappa shape index (κ3) is 7.73. The van der Waals surface area contributed by atoms with E-state index in [1.165, 1.54) is 0 Å². The molecule has 2 aromatic rings. The summed E-state index contributed by atoms with van der Waals surface area (Å²) in [5, 5.41) is 10.4. The van der Waals surface area contributed by atoms with Crippen LogP contribution in [0.5, 0.6) is 5.75 Å². The summed E-state index contributed by atoms with van der Waals surface area (Å²) >= 11 is 5.12. The maximum absolute atomic E-state index is 11.9. The van der Waals surface area contributed by atoms with Crippen molar-refractivity contribution in [3.05, 3.63) is 60.2 Å². The number of rotatable bonds is 9. The molecule has 0 bridgehead atoms. The number of hydrogen-bond donors (Lipinski definition) is 3. The topological polar surface area (TPSA) is 84.0 Å². The Morgan fingerprint density at radius 3 is 2.50 bits per heavy atom. The van der Waals surface area contributed by atoms with Crippen LogP contribution < -0.4 is 20.8 Å². The van der Waals surface area contributed by atoms with Gasteiger partial charge in [-0.15, -0.1) is 0 Å². The normalized spacial score (nSPS) is 10.9. The van der Waals surface area contributed by atoms with Gasteiger partial charge in [0.15, 0.2) is 11.7 Å². The molecule has 8 heteroatoms. The molecule has 0 unspecified atom stereocenters. The summed E-state index contributed by atoms with van der Waals surface area (Å²) in [5.41, 5.74) is 5.20. The fourth-order valence-corrected chi connectivity index (χ4v) is 2.31. The van der Waals surface area contributed by atoms with Crippen LogP contribution in [-0.2, 0) is 9.53 Å². The average molecular weight is 401 g/mol. The summed E-state index contributed by atoms with van der Waals surface area (Å²) in [6.45, 7) is 2.98. The van der Waals surface area contributed by atoms with Gasteiger partial charge in [-0.05, 0) is 61.1 Å². The maximum Gasteiger partial charge on any atom is 0.262 e. The maximum atomic E-state index is 11.9. The first-order valence-corrected chi connectivity index (χ1v) is 9.14. The molecule has 2 aromatic carbocycles. The van der Waals surface area contributed by atoms with Crippen molar-refractivity contribution in [2.45, 2.75) is 6.92 Å². The molecule has 0 aliphatic rings. The van der Waals surface area contributed by atoms with E-state index in [0.717, 1.165) is 17.0 Å². The van der Waals surface area contributed by atoms with Gasteiger partial charge in [-0.1, -0.05) is 18.2 Å². The van der Waals surface area contributed by atoms with E-state index < -0.39 is 0 Å². The smallest absolute Gasteiger partial charge is 0.262 e. The molecule has 148 valence electrons. The number of thiocarbonyl (C=S) groups is 1. The van der Waals surface area contributed by atoms with E-state index in [-0.39, 0.29) is 12.5 Å². The summed E-state index contributed by atoms with van der Waals surface area (Å²) in [5.74, 6) is 0.385. The highest BCUT2D eigenvalue weighted by Crippen LogP contribution is 2.13. The number of carbonyl (C=O) groups excluding carboxylic acids is 1. The zero-order chi connectivity index (χ0) is 20.2. The largest absolute Gasteiger partial charge is 0.484 e. The second-order valence-electron chi connectivity index (χ2n) is 5.78. The van der Waals surface area contributed by atoms with Gasteiger partial charge in [0.25, 0.3) is 5.91 Å². The highest BCUT2D eigenvalue weighted by atomic mass is 32.1. The summed E-state index contributed by atoms with van der Waals surface area (Å²) in [7, 11) is 1.63. The van der Waals surface area contributed by atoms with E-state index in [1.807, 2.05) is 49.4 Å². The third-order valence-corrected chi connectivity index (χ3v) is 3.85. The van der Waals surface area contributed by atoms with Crippen LogP contribution in [0.15, 0.2) is 59.7 Å². The predicted molar refractivity (Wildman–Crippen MR) is 115 cm³/mol. The first kappa shape index (κ1) is 21.3. The molecule has 0 saturated heterocycles. The molecular formula is C20H24N4O3S. The highest BCUT2D eigenvalue weighted by Gasteiger charge is 2.04. The lowest BCUT2D eigenvalue weighted by Crippen LogP contribution is -2.34. The molecule has 1 amide bonds. The Morgan fingerprint density at radius 1 is 1.11 bits per heavy atom. The van der Waals surface area contributed by atoms with E-state index in [4.69, 9.17) is 21.7 Å². The Morgan fingerprint density at radius 2 is 1.82 bits per heavy atom. The first-order valence-electron chi connectivity index (χ1n) is 8.73. The SMILES string of the molecule is COCCNC(=S)N/N=C(/C)c1ccc(OCC(=O)Nc2ccccc2)cc1. The van der Waals surface area contributed by atoms with Gasteiger partial charge >= 0.3 is 0 Å². The van der Waals surface area contributed by atoms with Gasteiger partial charge < -0.3 is 20.1 Å². The summed E-state index contributed by atoms with van der Waals surface area (Å²) in [4.78, 5) is 11.9. The second kappa shape index (κ2) is 11.7. The minimum atomic E-state index is -0.216. The van der Waals surface area contributed by atoms with Crippen LogP contribution in [0.2, 0.25) is 0 Å². The number of hydrazone groups is 1. The number of benzene rings is 2. The van der Waals surface area contributed by atoms with Crippen LogP contribution >= 0.6 is 12.2 Å². The molecule has 0 spiro atoms. The van der Waals surface area contributed by atoms with Crippen molar-refractivity contribution >= 4 is 34.6 Å². The van der Waals surface area contributed by atoms with Crippen molar-refractivity contribution in [1.29, 1.82) is 0 Å². The zero-order valence-electron chi connectivity index (χ0n) is 15.9. The van der Waals surface area contributed by atoms with Crippen molar-refractivity contribution in [2.75, 3.05) is 32.2 Å². The van der Waals surface area contributed by atoms with Crippen molar-refractivity contribution in [2.24, 2.45) is 5.10 Å². The second-order valence-corrected chi connectivity index (χ2v) is 6.19. The minimum Gasteiger partial charge on any atom is -0.484 e. The Hall–Kier alpha value is -2.97. The fourth-order valence-electron chi connectivity index (χ4n) is 2.17. The van der Waals surface area contributed by atoms with Gasteiger partial charge in [-0.3, -0.25) is 10.2 Å². The first-order chi connectivity index (χ1) is 13.6. The number of nitrogens with zero attached hydrogens (tertiary/aromatic N) is 1. The summed E-state index contributed by atoms with van der Waals surface area (Å²) < 4.78 is 10.5. The van der Waals surface area contributed by atoms with E-state index in [2.05, 4.69) is 21.2 Å². The molecule has 0 saturated carbocycles. The molecular weight excluding hydrogens is 376 g/mol. The van der Waals surface area contributed by atoms with Crippen molar-refractivity contribution in [1.82, 2.24) is 10.7 Å². The van der Waals surface area contributed by atoms with Gasteiger partial charge in [0, 0.05) is 19.3 Å². The number of methoxy groups -OCH3 is 1. The Labute approximate surface area is 170 Å². The van der Waals surface area contributed by atoms with Crippen LogP contribution in [0.4, 0.5) is 5.69 Å². The van der Waals surface area contributed by atoms with Crippen molar-refractivity contribution in [3.8, 4) is 5.75 Å². The molecule has 0 heterocycles. The number of para-hydroxylation sites is 1. The van der Waals surface area contributed by atoms with Crippen LogP contribution in [0.25, 0.3) is 0 Å². The van der Waals surface area contributed by atoms with Crippen molar-refractivity contribution < 1.29 is 14.3 Å². The Kier molecular flexibility index (Phi) is 8.90. The lowest BCUT2D eigenvalue weighted by Gasteiger charge is -2.09. The molecule has 7 nitrogen and oxygen atoms in total. The predicted octanol–water partition coefficient (Wildman–Crippen LogP) is 2.54. The molecule has 0 fully saturated rings. The molecule has 3 N–H and O–H groups in total. The van der Waals surface area contributed by atoms with Crippen LogP contribution in [0.3, 0.4) is 0 Å². The standard InChI is InChI=1S/C20H24N4O3S/c1-15(23-24-20(28)21-12-13-26-2)16-8-10-18(11-9-16)27-14-19(25)22-17-6-4-3-5-7-17/h3-11H,12-14H2,1-2H3,(H,22,25)(H2,21,24,28)/b23-15-. The number of hydrogen-bond acceptors (Lipinski definition) is 5. The third-order valence-electron chi connectivity index (χ3n) is 3.62. The van der Waals surface area contributed by atoms with Gasteiger partial charge in [-0.25, -0.2) is 0 Å². The fraction of sp³-hybridized carbons (Fsp3) is 0.250. The average Bonchev–Trinajstić information content (AvgIpc) is 2.72. The number of carbonyl (C=O) groups is 1. The Balaban J connectivity index is 1.79. The number of amides is 1. The minimum absolute atomic E-state index is 0.0652. The molecule has 0 atom stereocenters. The number of anilines is 1. The van der Waals surface area contributed by atoms with Gasteiger partial charge in [0.2, 0.25) is 0 Å². The molecule has 2 rings (SSSR count). The van der Waals surface area contributed by atoms with Gasteiger partial charge in [0.05, 0.1) is 12.3 Å². The van der Waals surface area contributed by atoms with Gasteiger partial charge in [0.1, 0.15) is 5.75 Å². The molecule has 0 aromatic heterocycles.